The first-order chi connectivity index (χ1) is 15.9. The number of halogens is 1. The molecule has 0 aliphatic carbocycles. The van der Waals surface area contributed by atoms with Crippen molar-refractivity contribution in [1.29, 1.82) is 0 Å². The number of ether oxygens (including phenoxy) is 1. The third-order valence-corrected chi connectivity index (χ3v) is 5.24. The molecule has 0 spiro atoms. The van der Waals surface area contributed by atoms with E-state index in [9.17, 15) is 18.8 Å². The van der Waals surface area contributed by atoms with Gasteiger partial charge in [0.1, 0.15) is 18.1 Å². The zero-order valence-corrected chi connectivity index (χ0v) is 18.0. The van der Waals surface area contributed by atoms with Gasteiger partial charge in [-0.15, -0.1) is 0 Å². The molecule has 0 aliphatic rings. The van der Waals surface area contributed by atoms with Crippen molar-refractivity contribution in [3.05, 3.63) is 99.9 Å². The lowest BCUT2D eigenvalue weighted by molar-refractivity contribution is -0.116. The highest BCUT2D eigenvalue weighted by Crippen LogP contribution is 2.20. The zero-order valence-electron chi connectivity index (χ0n) is 18.0. The lowest BCUT2D eigenvalue weighted by atomic mass is 10.0. The molecule has 33 heavy (non-hydrogen) atoms. The van der Waals surface area contributed by atoms with Gasteiger partial charge < -0.3 is 14.6 Å². The summed E-state index contributed by atoms with van der Waals surface area (Å²) in [6.45, 7) is 1.30. The summed E-state index contributed by atoms with van der Waals surface area (Å²) in [5.74, 6) is -0.784. The van der Waals surface area contributed by atoms with Crippen LogP contribution in [0.1, 0.15) is 21.5 Å². The predicted octanol–water partition coefficient (Wildman–Crippen LogP) is 3.72. The predicted molar refractivity (Wildman–Crippen MR) is 122 cm³/mol. The highest BCUT2D eigenvalue weighted by molar-refractivity contribution is 6.10. The number of benzene rings is 2. The summed E-state index contributed by atoms with van der Waals surface area (Å²) in [7, 11) is 1.54. The topological polar surface area (TPSA) is 90.3 Å². The highest BCUT2D eigenvalue weighted by atomic mass is 19.1. The molecule has 0 fully saturated rings. The van der Waals surface area contributed by atoms with E-state index in [2.05, 4.69) is 10.3 Å². The van der Waals surface area contributed by atoms with Crippen molar-refractivity contribution in [3.63, 3.8) is 0 Å². The Labute approximate surface area is 188 Å². The van der Waals surface area contributed by atoms with Crippen LogP contribution < -0.4 is 15.5 Å². The lowest BCUT2D eigenvalue weighted by Crippen LogP contribution is -2.24. The number of nitrogens with zero attached hydrogens (tertiary/aromatic N) is 2. The number of carbonyl (C=O) groups excluding carboxylic acids is 2. The molecule has 2 heterocycles. The Morgan fingerprint density at radius 3 is 2.45 bits per heavy atom. The smallest absolute Gasteiger partial charge is 0.244 e. The Hall–Kier alpha value is -4.33. The molecule has 0 bridgehead atoms. The van der Waals surface area contributed by atoms with Gasteiger partial charge in [-0.25, -0.2) is 4.39 Å². The van der Waals surface area contributed by atoms with Crippen molar-refractivity contribution in [3.8, 4) is 5.75 Å². The second-order valence-electron chi connectivity index (χ2n) is 7.46. The maximum Gasteiger partial charge on any atom is 0.244 e. The average molecular weight is 445 g/mol. The third kappa shape index (κ3) is 4.50. The Morgan fingerprint density at radius 2 is 1.79 bits per heavy atom. The number of fused-ring (bicyclic) bond motifs is 1. The van der Waals surface area contributed by atoms with Crippen LogP contribution in [-0.4, -0.2) is 28.4 Å². The van der Waals surface area contributed by atoms with E-state index in [1.807, 2.05) is 0 Å². The number of amides is 1. The van der Waals surface area contributed by atoms with Gasteiger partial charge in [0, 0.05) is 35.2 Å². The zero-order chi connectivity index (χ0) is 23.5. The van der Waals surface area contributed by atoms with Crippen LogP contribution >= 0.6 is 0 Å². The molecule has 0 unspecified atom stereocenters. The number of nitrogens with one attached hydrogen (secondary N) is 1. The fraction of sp³-hybridized carbons (Fsp3) is 0.120. The summed E-state index contributed by atoms with van der Waals surface area (Å²) in [4.78, 5) is 42.8. The number of anilines is 1. The van der Waals surface area contributed by atoms with Gasteiger partial charge >= 0.3 is 0 Å². The molecular weight excluding hydrogens is 425 g/mol. The molecule has 0 atom stereocenters. The number of pyridine rings is 2. The van der Waals surface area contributed by atoms with Crippen LogP contribution in [0.4, 0.5) is 10.1 Å². The van der Waals surface area contributed by atoms with Gasteiger partial charge in [-0.2, -0.15) is 0 Å². The molecule has 8 heteroatoms. The number of methoxy groups -OCH3 is 1. The van der Waals surface area contributed by atoms with Crippen molar-refractivity contribution < 1.29 is 18.7 Å². The maximum absolute atomic E-state index is 14.3. The molecule has 0 radical (unpaired) electrons. The van der Waals surface area contributed by atoms with Gasteiger partial charge in [0.05, 0.1) is 18.2 Å². The van der Waals surface area contributed by atoms with Gasteiger partial charge in [0.25, 0.3) is 0 Å². The Morgan fingerprint density at radius 1 is 1.09 bits per heavy atom. The van der Waals surface area contributed by atoms with Crippen LogP contribution in [0.2, 0.25) is 0 Å². The van der Waals surface area contributed by atoms with Gasteiger partial charge in [0.15, 0.2) is 5.78 Å². The first-order valence-corrected chi connectivity index (χ1v) is 10.1. The molecule has 0 saturated heterocycles. The van der Waals surface area contributed by atoms with E-state index >= 15 is 0 Å². The van der Waals surface area contributed by atoms with E-state index in [1.165, 1.54) is 54.3 Å². The van der Waals surface area contributed by atoms with Crippen LogP contribution in [0.15, 0.2) is 71.9 Å². The fourth-order valence-corrected chi connectivity index (χ4v) is 3.50. The number of hydrogen-bond acceptors (Lipinski definition) is 5. The quantitative estimate of drug-likeness (QED) is 0.457. The number of aromatic nitrogens is 2. The summed E-state index contributed by atoms with van der Waals surface area (Å²) in [6, 6.07) is 12.4. The van der Waals surface area contributed by atoms with E-state index in [0.29, 0.717) is 11.4 Å². The van der Waals surface area contributed by atoms with E-state index in [-0.39, 0.29) is 34.1 Å². The van der Waals surface area contributed by atoms with Crippen molar-refractivity contribution in [2.45, 2.75) is 13.5 Å². The molecule has 0 saturated carbocycles. The summed E-state index contributed by atoms with van der Waals surface area (Å²) < 4.78 is 20.9. The summed E-state index contributed by atoms with van der Waals surface area (Å²) in [5, 5.41) is 2.91. The standard InChI is InChI=1S/C25H20FN3O4/c1-15-11-19-22(12-21(15)26)29(14-23(30)28-17-3-5-18(33-2)6-4-17)13-20(25(19)32)24(31)16-7-9-27-10-8-16/h3-13H,14H2,1-2H3,(H,28,30). The normalized spacial score (nSPS) is 10.8. The van der Waals surface area contributed by atoms with Crippen LogP contribution in [0.3, 0.4) is 0 Å². The summed E-state index contributed by atoms with van der Waals surface area (Å²) in [6.07, 6.45) is 4.21. The first-order valence-electron chi connectivity index (χ1n) is 10.1. The van der Waals surface area contributed by atoms with E-state index in [0.717, 1.165) is 0 Å². The Kier molecular flexibility index (Phi) is 5.99. The Bertz CT molecular complexity index is 1410. The number of hydrogen-bond donors (Lipinski definition) is 1. The Balaban J connectivity index is 1.76. The first kappa shape index (κ1) is 21.9. The van der Waals surface area contributed by atoms with Crippen LogP contribution in [0.25, 0.3) is 10.9 Å². The number of rotatable bonds is 6. The van der Waals surface area contributed by atoms with Gasteiger partial charge in [-0.3, -0.25) is 19.4 Å². The highest BCUT2D eigenvalue weighted by Gasteiger charge is 2.19. The number of carbonyl (C=O) groups is 2. The number of aryl methyl sites for hydroxylation is 1. The van der Waals surface area contributed by atoms with E-state index in [1.54, 1.807) is 31.4 Å². The van der Waals surface area contributed by atoms with Crippen molar-refractivity contribution in [1.82, 2.24) is 9.55 Å². The molecule has 4 aromatic rings. The van der Waals surface area contributed by atoms with Crippen molar-refractivity contribution in [2.75, 3.05) is 12.4 Å². The molecule has 1 N–H and O–H groups in total. The monoisotopic (exact) mass is 445 g/mol. The van der Waals surface area contributed by atoms with Gasteiger partial charge in [-0.05, 0) is 61.0 Å². The fourth-order valence-electron chi connectivity index (χ4n) is 3.50. The third-order valence-electron chi connectivity index (χ3n) is 5.24. The maximum atomic E-state index is 14.3. The minimum absolute atomic E-state index is 0.114. The van der Waals surface area contributed by atoms with Crippen molar-refractivity contribution >= 4 is 28.3 Å². The molecule has 1 amide bonds. The van der Waals surface area contributed by atoms with Gasteiger partial charge in [0.2, 0.25) is 11.3 Å². The molecular formula is C25H20FN3O4. The minimum atomic E-state index is -0.526. The van der Waals surface area contributed by atoms with Gasteiger partial charge in [-0.1, -0.05) is 0 Å². The lowest BCUT2D eigenvalue weighted by Gasteiger charge is -2.14. The molecule has 2 aromatic heterocycles. The second-order valence-corrected chi connectivity index (χ2v) is 7.46. The van der Waals surface area contributed by atoms with Crippen LogP contribution in [-0.2, 0) is 11.3 Å². The van der Waals surface area contributed by atoms with Crippen LogP contribution in [0, 0.1) is 12.7 Å². The molecule has 7 nitrogen and oxygen atoms in total. The van der Waals surface area contributed by atoms with E-state index in [4.69, 9.17) is 4.74 Å². The molecule has 4 rings (SSSR count). The average Bonchev–Trinajstić information content (AvgIpc) is 2.82. The largest absolute Gasteiger partial charge is 0.497 e. The molecule has 2 aromatic carbocycles. The number of ketones is 1. The minimum Gasteiger partial charge on any atom is -0.497 e. The van der Waals surface area contributed by atoms with Crippen molar-refractivity contribution in [2.24, 2.45) is 0 Å². The molecule has 0 aliphatic heterocycles. The summed E-state index contributed by atoms with van der Waals surface area (Å²) >= 11 is 0. The van der Waals surface area contributed by atoms with E-state index < -0.39 is 22.9 Å². The van der Waals surface area contributed by atoms with Crippen LogP contribution in [0.5, 0.6) is 5.75 Å². The summed E-state index contributed by atoms with van der Waals surface area (Å²) in [5.41, 5.74) is 0.677. The molecule has 166 valence electrons. The SMILES string of the molecule is COc1ccc(NC(=O)Cn2cc(C(=O)c3ccncc3)c(=O)c3cc(C)c(F)cc32)cc1. The second kappa shape index (κ2) is 9.04.